The van der Waals surface area contributed by atoms with E-state index in [1.54, 1.807) is 6.07 Å². The van der Waals surface area contributed by atoms with Gasteiger partial charge in [-0.15, -0.1) is 0 Å². The summed E-state index contributed by atoms with van der Waals surface area (Å²) in [6.07, 6.45) is -2.80. The Kier molecular flexibility index (Phi) is 8.77. The van der Waals surface area contributed by atoms with E-state index in [-0.39, 0.29) is 42.7 Å². The van der Waals surface area contributed by atoms with E-state index in [0.717, 1.165) is 40.4 Å². The van der Waals surface area contributed by atoms with Crippen LogP contribution in [0.4, 0.5) is 17.6 Å². The van der Waals surface area contributed by atoms with Gasteiger partial charge in [0.25, 0.3) is 5.91 Å². The molecule has 4 N–H and O–H groups in total. The Labute approximate surface area is 246 Å². The molecule has 1 aliphatic carbocycles. The van der Waals surface area contributed by atoms with Crippen molar-refractivity contribution < 1.29 is 45.6 Å². The zero-order valence-electron chi connectivity index (χ0n) is 22.8. The zero-order chi connectivity index (χ0) is 31.1. The first kappa shape index (κ1) is 30.9. The highest BCUT2D eigenvalue weighted by Crippen LogP contribution is 2.45. The Morgan fingerprint density at radius 2 is 1.81 bits per heavy atom. The normalized spacial score (nSPS) is 14.3. The monoisotopic (exact) mass is 618 g/mol. The SMILES string of the molecule is CNC(=O)c1c(-c2ccc(F)cc2)oc2cc(CCN(Cc3ccc(B(O)O)c(C(F)(F)F)c3)S(=O)O)c(C3CC3)cc12. The number of hydrogen-bond acceptors (Lipinski definition) is 5. The van der Waals surface area contributed by atoms with Crippen molar-refractivity contribution in [2.45, 2.75) is 37.9 Å². The number of carbonyl (C=O) groups is 1. The van der Waals surface area contributed by atoms with Crippen molar-refractivity contribution in [2.75, 3.05) is 13.6 Å². The lowest BCUT2D eigenvalue weighted by molar-refractivity contribution is -0.136. The summed E-state index contributed by atoms with van der Waals surface area (Å²) in [5.41, 5.74) is 1.02. The number of halogens is 4. The predicted octanol–water partition coefficient (Wildman–Crippen LogP) is 4.36. The molecular formula is C29H27BF4N2O6S. The topological polar surface area (TPSA) is 123 Å². The molecule has 43 heavy (non-hydrogen) atoms. The maximum absolute atomic E-state index is 13.6. The molecule has 14 heteroatoms. The van der Waals surface area contributed by atoms with Crippen LogP contribution in [0.5, 0.6) is 0 Å². The quantitative estimate of drug-likeness (QED) is 0.119. The minimum Gasteiger partial charge on any atom is -0.455 e. The molecule has 0 radical (unpaired) electrons. The van der Waals surface area contributed by atoms with E-state index in [1.165, 1.54) is 37.4 Å². The average Bonchev–Trinajstić information content (AvgIpc) is 3.74. The molecule has 1 heterocycles. The number of alkyl halides is 3. The number of fused-ring (bicyclic) bond motifs is 1. The second kappa shape index (κ2) is 12.2. The van der Waals surface area contributed by atoms with Gasteiger partial charge in [-0.05, 0) is 89.8 Å². The molecule has 0 spiro atoms. The summed E-state index contributed by atoms with van der Waals surface area (Å²) in [6.45, 7) is -0.320. The standard InChI is InChI=1S/C29H27BF4N2O6S/c1-35-28(37)26-22-14-21(17-3-4-17)19(13-25(22)42-27(26)18-5-7-20(31)8-6-18)10-11-36(43(40)41)15-16-2-9-24(30(38)39)23(12-16)29(32,33)34/h2,5-9,12-14,17,38-39H,3-4,10-11,15H2,1H3,(H,35,37)(H,40,41). The Bertz CT molecular complexity index is 1690. The van der Waals surface area contributed by atoms with Gasteiger partial charge < -0.3 is 19.8 Å². The highest BCUT2D eigenvalue weighted by atomic mass is 32.2. The van der Waals surface area contributed by atoms with Gasteiger partial charge in [0.05, 0.1) is 11.1 Å². The molecule has 1 unspecified atom stereocenters. The molecule has 1 fully saturated rings. The van der Waals surface area contributed by atoms with Gasteiger partial charge in [-0.3, -0.25) is 9.35 Å². The Hall–Kier alpha value is -3.56. The van der Waals surface area contributed by atoms with Gasteiger partial charge in [-0.25, -0.2) is 8.60 Å². The fourth-order valence-corrected chi connectivity index (χ4v) is 5.69. The number of amides is 1. The van der Waals surface area contributed by atoms with Gasteiger partial charge in [0.2, 0.25) is 11.3 Å². The third-order valence-corrected chi connectivity index (χ3v) is 8.19. The van der Waals surface area contributed by atoms with E-state index in [4.69, 9.17) is 4.42 Å². The predicted molar refractivity (Wildman–Crippen MR) is 153 cm³/mol. The van der Waals surface area contributed by atoms with E-state index in [1.807, 2.05) is 6.07 Å². The molecule has 4 aromatic rings. The van der Waals surface area contributed by atoms with Crippen LogP contribution in [0.15, 0.2) is 59.0 Å². The van der Waals surface area contributed by atoms with Crippen molar-refractivity contribution in [3.05, 3.63) is 88.2 Å². The van der Waals surface area contributed by atoms with E-state index in [2.05, 4.69) is 5.32 Å². The first-order valence-electron chi connectivity index (χ1n) is 13.4. The highest BCUT2D eigenvalue weighted by molar-refractivity contribution is 7.76. The third-order valence-electron chi connectivity index (χ3n) is 7.44. The summed E-state index contributed by atoms with van der Waals surface area (Å²) in [4.78, 5) is 12.9. The minimum absolute atomic E-state index is 0.00606. The minimum atomic E-state index is -4.86. The average molecular weight is 618 g/mol. The van der Waals surface area contributed by atoms with Crippen LogP contribution in [-0.4, -0.2) is 49.7 Å². The lowest BCUT2D eigenvalue weighted by Crippen LogP contribution is -2.36. The molecule has 0 aliphatic heterocycles. The van der Waals surface area contributed by atoms with Crippen LogP contribution in [0.3, 0.4) is 0 Å². The lowest BCUT2D eigenvalue weighted by atomic mass is 9.76. The molecule has 3 aromatic carbocycles. The summed E-state index contributed by atoms with van der Waals surface area (Å²) >= 11 is -2.54. The van der Waals surface area contributed by atoms with Crippen LogP contribution in [0.1, 0.15) is 51.4 Å². The van der Waals surface area contributed by atoms with Crippen molar-refractivity contribution in [3.63, 3.8) is 0 Å². The van der Waals surface area contributed by atoms with Gasteiger partial charge in [0.1, 0.15) is 17.2 Å². The molecule has 1 atom stereocenters. The zero-order valence-corrected chi connectivity index (χ0v) is 23.6. The molecule has 226 valence electrons. The van der Waals surface area contributed by atoms with Crippen molar-refractivity contribution in [2.24, 2.45) is 0 Å². The van der Waals surface area contributed by atoms with E-state index < -0.39 is 41.4 Å². The molecule has 1 aliphatic rings. The lowest BCUT2D eigenvalue weighted by Gasteiger charge is -2.20. The summed E-state index contributed by atoms with van der Waals surface area (Å²) < 4.78 is 83.6. The second-order valence-corrected chi connectivity index (χ2v) is 11.3. The van der Waals surface area contributed by atoms with Gasteiger partial charge >= 0.3 is 13.3 Å². The molecule has 0 bridgehead atoms. The van der Waals surface area contributed by atoms with Gasteiger partial charge in [0, 0.05) is 31.1 Å². The maximum atomic E-state index is 13.6. The summed E-state index contributed by atoms with van der Waals surface area (Å²) in [5.74, 6) is -0.348. The van der Waals surface area contributed by atoms with E-state index in [9.17, 15) is 41.2 Å². The number of benzene rings is 3. The Balaban J connectivity index is 1.47. The van der Waals surface area contributed by atoms with Crippen molar-refractivity contribution in [1.82, 2.24) is 9.62 Å². The fourth-order valence-electron chi connectivity index (χ4n) is 5.18. The smallest absolute Gasteiger partial charge is 0.455 e. The molecular weight excluding hydrogens is 591 g/mol. The van der Waals surface area contributed by atoms with Crippen LogP contribution < -0.4 is 10.8 Å². The van der Waals surface area contributed by atoms with Crippen molar-refractivity contribution in [1.29, 1.82) is 0 Å². The van der Waals surface area contributed by atoms with Crippen LogP contribution in [0.2, 0.25) is 0 Å². The number of carbonyl (C=O) groups excluding carboxylic acids is 1. The molecule has 1 amide bonds. The van der Waals surface area contributed by atoms with E-state index in [0.29, 0.717) is 22.1 Å². The van der Waals surface area contributed by atoms with Crippen LogP contribution in [0.25, 0.3) is 22.3 Å². The summed E-state index contributed by atoms with van der Waals surface area (Å²) in [5, 5.41) is 21.9. The van der Waals surface area contributed by atoms with Gasteiger partial charge in [-0.2, -0.15) is 17.5 Å². The van der Waals surface area contributed by atoms with E-state index >= 15 is 0 Å². The fraction of sp³-hybridized carbons (Fsp3) is 0.276. The first-order valence-corrected chi connectivity index (χ1v) is 14.4. The van der Waals surface area contributed by atoms with Crippen LogP contribution >= 0.6 is 0 Å². The molecule has 5 rings (SSSR count). The van der Waals surface area contributed by atoms with Gasteiger partial charge in [0.15, 0.2) is 0 Å². The summed E-state index contributed by atoms with van der Waals surface area (Å²) in [6, 6.07) is 12.1. The number of nitrogens with zero attached hydrogens (tertiary/aromatic N) is 1. The Morgan fingerprint density at radius 1 is 1.12 bits per heavy atom. The van der Waals surface area contributed by atoms with Crippen LogP contribution in [-0.2, 0) is 30.4 Å². The van der Waals surface area contributed by atoms with Crippen molar-refractivity contribution >= 4 is 40.7 Å². The molecule has 1 aromatic heterocycles. The maximum Gasteiger partial charge on any atom is 0.489 e. The molecule has 0 saturated heterocycles. The number of rotatable bonds is 10. The number of furan rings is 1. The van der Waals surface area contributed by atoms with Gasteiger partial charge in [-0.1, -0.05) is 12.1 Å². The third kappa shape index (κ3) is 6.68. The molecule has 1 saturated carbocycles. The highest BCUT2D eigenvalue weighted by Gasteiger charge is 2.36. The number of nitrogens with one attached hydrogen (secondary N) is 1. The largest absolute Gasteiger partial charge is 0.489 e. The first-order chi connectivity index (χ1) is 20.4. The number of hydrogen-bond donors (Lipinski definition) is 4. The molecule has 8 nitrogen and oxygen atoms in total. The second-order valence-electron chi connectivity index (χ2n) is 10.4. The van der Waals surface area contributed by atoms with Crippen molar-refractivity contribution in [3.8, 4) is 11.3 Å². The summed E-state index contributed by atoms with van der Waals surface area (Å²) in [7, 11) is -0.842. The Morgan fingerprint density at radius 3 is 2.40 bits per heavy atom. The van der Waals surface area contributed by atoms with Crippen LogP contribution in [0, 0.1) is 5.82 Å².